The van der Waals surface area contributed by atoms with Crippen molar-refractivity contribution in [1.82, 2.24) is 0 Å². The van der Waals surface area contributed by atoms with Gasteiger partial charge in [-0.05, 0) is 39.5 Å². The molecule has 1 spiro atoms. The molecule has 0 N–H and O–H groups in total. The van der Waals surface area contributed by atoms with E-state index in [4.69, 9.17) is 0 Å². The van der Waals surface area contributed by atoms with Crippen LogP contribution in [0.5, 0.6) is 0 Å². The number of rotatable bonds is 0. The summed E-state index contributed by atoms with van der Waals surface area (Å²) in [4.78, 5) is 0. The largest absolute Gasteiger partial charge is 0.227 e. The molecule has 3 aliphatic rings. The van der Waals surface area contributed by atoms with Crippen molar-refractivity contribution < 1.29 is 8.42 Å². The van der Waals surface area contributed by atoms with Gasteiger partial charge in [-0.2, -0.15) is 0 Å². The number of hydrogen-bond acceptors (Lipinski definition) is 2. The Hall–Kier alpha value is -0.310. The Bertz CT molecular complexity index is 566. The molecule has 3 heteroatoms. The molecular formula is C16H26O2S. The van der Waals surface area contributed by atoms with E-state index in [-0.39, 0.29) is 11.3 Å². The Kier molecular flexibility index (Phi) is 2.49. The van der Waals surface area contributed by atoms with Crippen molar-refractivity contribution in [3.05, 3.63) is 11.1 Å². The second kappa shape index (κ2) is 3.47. The summed E-state index contributed by atoms with van der Waals surface area (Å²) in [5, 5.41) is 0. The molecule has 0 radical (unpaired) electrons. The summed E-state index contributed by atoms with van der Waals surface area (Å²) in [6.45, 7) is 10.6. The molecule has 3 atom stereocenters. The van der Waals surface area contributed by atoms with Crippen LogP contribution < -0.4 is 0 Å². The van der Waals surface area contributed by atoms with Crippen LogP contribution in [0.15, 0.2) is 11.1 Å². The third-order valence-corrected chi connectivity index (χ3v) is 11.1. The Balaban J connectivity index is 2.36. The molecule has 1 saturated heterocycles. The zero-order valence-corrected chi connectivity index (χ0v) is 13.7. The van der Waals surface area contributed by atoms with E-state index in [1.807, 2.05) is 13.8 Å². The van der Waals surface area contributed by atoms with Crippen molar-refractivity contribution in [1.29, 1.82) is 0 Å². The minimum atomic E-state index is -3.10. The molecule has 2 aliphatic carbocycles. The highest BCUT2D eigenvalue weighted by Crippen LogP contribution is 2.73. The summed E-state index contributed by atoms with van der Waals surface area (Å²) in [5.74, 6) is 0.211. The number of sulfone groups is 1. The zero-order valence-electron chi connectivity index (χ0n) is 12.8. The third kappa shape index (κ3) is 1.04. The molecule has 2 bridgehead atoms. The number of hydrogen-bond donors (Lipinski definition) is 0. The van der Waals surface area contributed by atoms with E-state index in [0.717, 1.165) is 31.3 Å². The van der Waals surface area contributed by atoms with Crippen LogP contribution >= 0.6 is 0 Å². The van der Waals surface area contributed by atoms with Gasteiger partial charge in [0.25, 0.3) is 0 Å². The molecule has 1 saturated carbocycles. The lowest BCUT2D eigenvalue weighted by Crippen LogP contribution is -2.53. The topological polar surface area (TPSA) is 34.1 Å². The van der Waals surface area contributed by atoms with Crippen molar-refractivity contribution >= 4 is 9.84 Å². The summed E-state index contributed by atoms with van der Waals surface area (Å²) in [7, 11) is -3.10. The van der Waals surface area contributed by atoms with E-state index in [0.29, 0.717) is 0 Å². The molecule has 2 nitrogen and oxygen atoms in total. The van der Waals surface area contributed by atoms with Crippen LogP contribution in [-0.2, 0) is 9.84 Å². The smallest absolute Gasteiger partial charge is 0.166 e. The first-order chi connectivity index (χ1) is 8.68. The Labute approximate surface area is 117 Å². The fourth-order valence-electron chi connectivity index (χ4n) is 5.73. The summed E-state index contributed by atoms with van der Waals surface area (Å²) in [5.41, 5.74) is 2.34. The number of fused-ring (bicyclic) bond motifs is 3. The maximum atomic E-state index is 13.4. The van der Waals surface area contributed by atoms with Gasteiger partial charge in [-0.15, -0.1) is 0 Å². The standard InChI is InChI=1S/C16H26O2S/c1-11-12(2)15(5)13(3)14(11,4)16(19(15,17)18)9-7-6-8-10-16/h13H,6-10H2,1-5H3. The van der Waals surface area contributed by atoms with E-state index >= 15 is 0 Å². The van der Waals surface area contributed by atoms with Crippen LogP contribution in [0.4, 0.5) is 0 Å². The molecule has 3 unspecified atom stereocenters. The molecule has 3 rings (SSSR count). The molecule has 19 heavy (non-hydrogen) atoms. The highest BCUT2D eigenvalue weighted by Gasteiger charge is 2.78. The zero-order chi connectivity index (χ0) is 14.3. The van der Waals surface area contributed by atoms with Crippen LogP contribution in [-0.4, -0.2) is 17.9 Å². The molecule has 108 valence electrons. The van der Waals surface area contributed by atoms with Crippen molar-refractivity contribution in [2.75, 3.05) is 0 Å². The molecule has 2 fully saturated rings. The number of allylic oxidation sites excluding steroid dienone is 1. The van der Waals surface area contributed by atoms with Crippen molar-refractivity contribution in [3.8, 4) is 0 Å². The van der Waals surface area contributed by atoms with E-state index in [1.54, 1.807) is 0 Å². The van der Waals surface area contributed by atoms with Crippen LogP contribution in [0.2, 0.25) is 0 Å². The van der Waals surface area contributed by atoms with Gasteiger partial charge in [-0.3, -0.25) is 0 Å². The second-order valence-electron chi connectivity index (χ2n) is 7.34. The van der Waals surface area contributed by atoms with Gasteiger partial charge in [0.2, 0.25) is 0 Å². The minimum absolute atomic E-state index is 0.148. The van der Waals surface area contributed by atoms with Gasteiger partial charge in [0.1, 0.15) is 0 Å². The van der Waals surface area contributed by atoms with Gasteiger partial charge in [-0.1, -0.05) is 44.3 Å². The summed E-state index contributed by atoms with van der Waals surface area (Å²) < 4.78 is 25.7. The first kappa shape index (κ1) is 13.7. The van der Waals surface area contributed by atoms with E-state index < -0.39 is 19.3 Å². The Morgan fingerprint density at radius 2 is 1.53 bits per heavy atom. The van der Waals surface area contributed by atoms with Gasteiger partial charge in [-0.25, -0.2) is 8.42 Å². The third-order valence-electron chi connectivity index (χ3n) is 7.46. The maximum Gasteiger partial charge on any atom is 0.166 e. The quantitative estimate of drug-likeness (QED) is 0.632. The van der Waals surface area contributed by atoms with E-state index in [2.05, 4.69) is 20.8 Å². The normalized spacial score (nSPS) is 47.1. The van der Waals surface area contributed by atoms with Gasteiger partial charge in [0, 0.05) is 5.41 Å². The molecule has 0 amide bonds. The van der Waals surface area contributed by atoms with Crippen molar-refractivity contribution in [3.63, 3.8) is 0 Å². The fraction of sp³-hybridized carbons (Fsp3) is 0.875. The van der Waals surface area contributed by atoms with Crippen LogP contribution in [0.3, 0.4) is 0 Å². The predicted octanol–water partition coefficient (Wildman–Crippen LogP) is 3.87. The summed E-state index contributed by atoms with van der Waals surface area (Å²) in [6, 6.07) is 0. The van der Waals surface area contributed by atoms with Gasteiger partial charge in [0.15, 0.2) is 9.84 Å². The molecule has 0 aromatic carbocycles. The molecule has 0 aromatic heterocycles. The molecule has 1 heterocycles. The van der Waals surface area contributed by atoms with Crippen molar-refractivity contribution in [2.45, 2.75) is 76.2 Å². The average molecular weight is 282 g/mol. The fourth-order valence-corrected chi connectivity index (χ4v) is 9.51. The summed E-state index contributed by atoms with van der Waals surface area (Å²) >= 11 is 0. The highest BCUT2D eigenvalue weighted by atomic mass is 32.2. The van der Waals surface area contributed by atoms with E-state index in [9.17, 15) is 8.42 Å². The molecule has 0 aromatic rings. The maximum absolute atomic E-state index is 13.4. The lowest BCUT2D eigenvalue weighted by Gasteiger charge is -2.48. The Morgan fingerprint density at radius 1 is 1.00 bits per heavy atom. The SMILES string of the molecule is CC1=C(C)C2(C)C(C)C1(C)C1(CCCCC1)S2(=O)=O. The summed E-state index contributed by atoms with van der Waals surface area (Å²) in [6.07, 6.45) is 5.08. The van der Waals surface area contributed by atoms with Gasteiger partial charge < -0.3 is 0 Å². The molecule has 1 aliphatic heterocycles. The van der Waals surface area contributed by atoms with Crippen LogP contribution in [0.25, 0.3) is 0 Å². The lowest BCUT2D eigenvalue weighted by atomic mass is 9.61. The van der Waals surface area contributed by atoms with Gasteiger partial charge >= 0.3 is 0 Å². The van der Waals surface area contributed by atoms with Crippen LogP contribution in [0.1, 0.15) is 66.7 Å². The van der Waals surface area contributed by atoms with Crippen LogP contribution in [0, 0.1) is 11.3 Å². The highest BCUT2D eigenvalue weighted by molar-refractivity contribution is 7.94. The lowest BCUT2D eigenvalue weighted by molar-refractivity contribution is 0.166. The monoisotopic (exact) mass is 282 g/mol. The Morgan fingerprint density at radius 3 is 2.00 bits per heavy atom. The average Bonchev–Trinajstić information content (AvgIpc) is 2.59. The second-order valence-corrected chi connectivity index (χ2v) is 9.98. The van der Waals surface area contributed by atoms with Crippen molar-refractivity contribution in [2.24, 2.45) is 11.3 Å². The van der Waals surface area contributed by atoms with E-state index in [1.165, 1.54) is 12.0 Å². The molecular weight excluding hydrogens is 256 g/mol. The first-order valence-electron chi connectivity index (χ1n) is 7.60. The first-order valence-corrected chi connectivity index (χ1v) is 9.09. The predicted molar refractivity (Wildman–Crippen MR) is 78.8 cm³/mol. The minimum Gasteiger partial charge on any atom is -0.227 e. The van der Waals surface area contributed by atoms with Gasteiger partial charge in [0.05, 0.1) is 9.49 Å².